The number of hydrogen-bond donors (Lipinski definition) is 0. The highest BCUT2D eigenvalue weighted by Gasteiger charge is 2.16. The zero-order valence-corrected chi connectivity index (χ0v) is 11.2. The number of hydrogen-bond acceptors (Lipinski definition) is 3. The molecule has 0 bridgehead atoms. The van der Waals surface area contributed by atoms with Gasteiger partial charge in [-0.1, -0.05) is 17.7 Å². The number of benzene rings is 1. The minimum atomic E-state index is -0.217. The summed E-state index contributed by atoms with van der Waals surface area (Å²) < 4.78 is 1.72. The van der Waals surface area contributed by atoms with Crippen molar-refractivity contribution in [3.05, 3.63) is 34.6 Å². The monoisotopic (exact) mass is 250 g/mol. The van der Waals surface area contributed by atoms with Crippen molar-refractivity contribution in [2.75, 3.05) is 0 Å². The first-order valence-electron chi connectivity index (χ1n) is 5.51. The number of nitrogens with zero attached hydrogens (tertiary/aromatic N) is 4. The molecule has 2 aromatic rings. The Hall–Kier alpha value is -1.42. The molecule has 0 saturated heterocycles. The summed E-state index contributed by atoms with van der Waals surface area (Å²) in [6.07, 6.45) is 0. The normalized spacial score (nSPS) is 12.8. The largest absolute Gasteiger partial charge is 0.195 e. The number of tetrazole rings is 1. The lowest BCUT2D eigenvalue weighted by Crippen LogP contribution is -2.07. The third-order valence-corrected chi connectivity index (χ3v) is 2.89. The van der Waals surface area contributed by atoms with Gasteiger partial charge in [-0.3, -0.25) is 0 Å². The van der Waals surface area contributed by atoms with Gasteiger partial charge in [0.2, 0.25) is 0 Å². The third-order valence-electron chi connectivity index (χ3n) is 2.70. The van der Waals surface area contributed by atoms with Gasteiger partial charge in [-0.25, -0.2) is 0 Å². The first-order valence-corrected chi connectivity index (χ1v) is 5.95. The molecule has 0 fully saturated rings. The summed E-state index contributed by atoms with van der Waals surface area (Å²) >= 11 is 6.07. The Balaban J connectivity index is 2.64. The van der Waals surface area contributed by atoms with Gasteiger partial charge in [-0.2, -0.15) is 4.68 Å². The third kappa shape index (κ3) is 2.17. The van der Waals surface area contributed by atoms with Crippen LogP contribution in [0.25, 0.3) is 5.69 Å². The molecule has 0 spiro atoms. The van der Waals surface area contributed by atoms with Crippen molar-refractivity contribution >= 4 is 11.6 Å². The fraction of sp³-hybridized carbons (Fsp3) is 0.417. The molecule has 0 N–H and O–H groups in total. The Morgan fingerprint density at radius 1 is 1.18 bits per heavy atom. The zero-order valence-electron chi connectivity index (χ0n) is 10.4. The standard InChI is InChI=1S/C12H15ClN4/c1-7-5-8(2)11(9(3)6-7)17-12(10(4)13)14-15-16-17/h5-6,10H,1-4H3. The second kappa shape index (κ2) is 4.45. The maximum absolute atomic E-state index is 6.07. The predicted molar refractivity (Wildman–Crippen MR) is 67.6 cm³/mol. The summed E-state index contributed by atoms with van der Waals surface area (Å²) in [5.74, 6) is 0.668. The quantitative estimate of drug-likeness (QED) is 0.770. The molecule has 0 aliphatic heterocycles. The number of halogens is 1. The van der Waals surface area contributed by atoms with Crippen LogP contribution in [0.15, 0.2) is 12.1 Å². The highest BCUT2D eigenvalue weighted by molar-refractivity contribution is 6.20. The van der Waals surface area contributed by atoms with Crippen molar-refractivity contribution < 1.29 is 0 Å². The van der Waals surface area contributed by atoms with Gasteiger partial charge in [-0.05, 0) is 49.2 Å². The molecule has 0 aliphatic carbocycles. The Morgan fingerprint density at radius 2 is 1.76 bits per heavy atom. The molecular weight excluding hydrogens is 236 g/mol. The lowest BCUT2D eigenvalue weighted by atomic mass is 10.1. The van der Waals surface area contributed by atoms with Gasteiger partial charge in [0, 0.05) is 0 Å². The Kier molecular flexibility index (Phi) is 3.15. The fourth-order valence-corrected chi connectivity index (χ4v) is 2.24. The summed E-state index contributed by atoms with van der Waals surface area (Å²) in [4.78, 5) is 0. The Morgan fingerprint density at radius 3 is 2.29 bits per heavy atom. The predicted octanol–water partition coefficient (Wildman–Crippen LogP) is 2.89. The van der Waals surface area contributed by atoms with Gasteiger partial charge in [0.15, 0.2) is 5.82 Å². The second-order valence-corrected chi connectivity index (χ2v) is 4.97. The molecule has 0 saturated carbocycles. The average Bonchev–Trinajstić information content (AvgIpc) is 2.64. The molecule has 5 heteroatoms. The zero-order chi connectivity index (χ0) is 12.6. The van der Waals surface area contributed by atoms with Crippen LogP contribution in [-0.2, 0) is 0 Å². The second-order valence-electron chi connectivity index (χ2n) is 4.31. The van der Waals surface area contributed by atoms with Crippen LogP contribution in [0, 0.1) is 20.8 Å². The maximum atomic E-state index is 6.07. The van der Waals surface area contributed by atoms with Crippen LogP contribution in [0.1, 0.15) is 34.8 Å². The van der Waals surface area contributed by atoms with Gasteiger partial charge in [0.1, 0.15) is 0 Å². The molecular formula is C12H15ClN4. The van der Waals surface area contributed by atoms with Gasteiger partial charge >= 0.3 is 0 Å². The van der Waals surface area contributed by atoms with Crippen molar-refractivity contribution in [3.63, 3.8) is 0 Å². The SMILES string of the molecule is Cc1cc(C)c(-n2nnnc2C(C)Cl)c(C)c1. The fourth-order valence-electron chi connectivity index (χ4n) is 2.11. The molecule has 1 aromatic carbocycles. The summed E-state index contributed by atoms with van der Waals surface area (Å²) in [6.45, 7) is 8.05. The van der Waals surface area contributed by atoms with Gasteiger partial charge < -0.3 is 0 Å². The van der Waals surface area contributed by atoms with Crippen LogP contribution in [-0.4, -0.2) is 20.2 Å². The highest BCUT2D eigenvalue weighted by Crippen LogP contribution is 2.24. The molecule has 1 heterocycles. The van der Waals surface area contributed by atoms with E-state index in [0.29, 0.717) is 5.82 Å². The van der Waals surface area contributed by atoms with E-state index < -0.39 is 0 Å². The summed E-state index contributed by atoms with van der Waals surface area (Å²) in [6, 6.07) is 4.24. The molecule has 17 heavy (non-hydrogen) atoms. The molecule has 1 unspecified atom stereocenters. The van der Waals surface area contributed by atoms with E-state index in [9.17, 15) is 0 Å². The summed E-state index contributed by atoms with van der Waals surface area (Å²) in [7, 11) is 0. The van der Waals surface area contributed by atoms with Crippen LogP contribution in [0.3, 0.4) is 0 Å². The van der Waals surface area contributed by atoms with E-state index in [1.807, 2.05) is 6.92 Å². The van der Waals surface area contributed by atoms with E-state index >= 15 is 0 Å². The van der Waals surface area contributed by atoms with E-state index in [4.69, 9.17) is 11.6 Å². The van der Waals surface area contributed by atoms with Crippen molar-refractivity contribution in [3.8, 4) is 5.69 Å². The van der Waals surface area contributed by atoms with Crippen molar-refractivity contribution in [1.29, 1.82) is 0 Å². The maximum Gasteiger partial charge on any atom is 0.174 e. The van der Waals surface area contributed by atoms with Crippen molar-refractivity contribution in [1.82, 2.24) is 20.2 Å². The number of alkyl halides is 1. The van der Waals surface area contributed by atoms with Gasteiger partial charge in [0.05, 0.1) is 11.1 Å². The minimum Gasteiger partial charge on any atom is -0.195 e. The number of aryl methyl sites for hydroxylation is 3. The number of rotatable bonds is 2. The molecule has 2 rings (SSSR count). The number of aromatic nitrogens is 4. The molecule has 0 amide bonds. The van der Waals surface area contributed by atoms with E-state index in [0.717, 1.165) is 16.8 Å². The first kappa shape index (κ1) is 12.0. The summed E-state index contributed by atoms with van der Waals surface area (Å²) in [5, 5.41) is 11.5. The molecule has 1 atom stereocenters. The highest BCUT2D eigenvalue weighted by atomic mass is 35.5. The molecule has 90 valence electrons. The lowest BCUT2D eigenvalue weighted by molar-refractivity contribution is 0.752. The Bertz CT molecular complexity index is 522. The van der Waals surface area contributed by atoms with E-state index in [-0.39, 0.29) is 5.38 Å². The average molecular weight is 251 g/mol. The molecule has 0 aliphatic rings. The van der Waals surface area contributed by atoms with Crippen LogP contribution in [0.5, 0.6) is 0 Å². The molecule has 4 nitrogen and oxygen atoms in total. The lowest BCUT2D eigenvalue weighted by Gasteiger charge is -2.12. The topological polar surface area (TPSA) is 43.6 Å². The van der Waals surface area contributed by atoms with Crippen molar-refractivity contribution in [2.24, 2.45) is 0 Å². The van der Waals surface area contributed by atoms with Gasteiger partial charge in [0.25, 0.3) is 0 Å². The van der Waals surface area contributed by atoms with Gasteiger partial charge in [-0.15, -0.1) is 16.7 Å². The van der Waals surface area contributed by atoms with E-state index in [1.165, 1.54) is 5.56 Å². The van der Waals surface area contributed by atoms with Crippen LogP contribution in [0.4, 0.5) is 0 Å². The summed E-state index contributed by atoms with van der Waals surface area (Å²) in [5.41, 5.74) is 4.54. The minimum absolute atomic E-state index is 0.217. The first-order chi connectivity index (χ1) is 8.00. The molecule has 1 aromatic heterocycles. The van der Waals surface area contributed by atoms with E-state index in [2.05, 4.69) is 48.4 Å². The van der Waals surface area contributed by atoms with E-state index in [1.54, 1.807) is 4.68 Å². The van der Waals surface area contributed by atoms with Crippen LogP contribution < -0.4 is 0 Å². The van der Waals surface area contributed by atoms with Crippen LogP contribution in [0.2, 0.25) is 0 Å². The van der Waals surface area contributed by atoms with Crippen molar-refractivity contribution in [2.45, 2.75) is 33.1 Å². The van der Waals surface area contributed by atoms with Crippen LogP contribution >= 0.6 is 11.6 Å². The Labute approximate surface area is 106 Å². The smallest absolute Gasteiger partial charge is 0.174 e. The molecule has 0 radical (unpaired) electrons.